The zero-order valence-corrected chi connectivity index (χ0v) is 12.7. The Bertz CT molecular complexity index is 529. The molecule has 0 aromatic heterocycles. The molecule has 5 heteroatoms. The van der Waals surface area contributed by atoms with Gasteiger partial charge in [-0.15, -0.1) is 0 Å². The van der Waals surface area contributed by atoms with Gasteiger partial charge >= 0.3 is 5.97 Å². The van der Waals surface area contributed by atoms with Gasteiger partial charge in [-0.05, 0) is 56.3 Å². The van der Waals surface area contributed by atoms with E-state index in [1.807, 2.05) is 6.07 Å². The van der Waals surface area contributed by atoms with Gasteiger partial charge in [0, 0.05) is 17.8 Å². The minimum Gasteiger partial charge on any atom is -0.478 e. The summed E-state index contributed by atoms with van der Waals surface area (Å²) in [5, 5.41) is 16.6. The minimum absolute atomic E-state index is 0.162. The van der Waals surface area contributed by atoms with Crippen LogP contribution in [0.1, 0.15) is 42.5 Å². The van der Waals surface area contributed by atoms with E-state index >= 15 is 0 Å². The fourth-order valence-electron chi connectivity index (χ4n) is 3.72. The van der Waals surface area contributed by atoms with Gasteiger partial charge in [-0.25, -0.2) is 4.79 Å². The van der Waals surface area contributed by atoms with E-state index in [4.69, 9.17) is 16.7 Å². The summed E-state index contributed by atoms with van der Waals surface area (Å²) in [6, 6.07) is 6.19. The van der Waals surface area contributed by atoms with Crippen molar-refractivity contribution in [1.82, 2.24) is 5.32 Å². The summed E-state index contributed by atoms with van der Waals surface area (Å²) >= 11 is 5.92. The normalized spacial score (nSPS) is 28.7. The summed E-state index contributed by atoms with van der Waals surface area (Å²) in [5.74, 6) is -0.347. The molecule has 1 saturated carbocycles. The van der Waals surface area contributed by atoms with Gasteiger partial charge in [0.05, 0.1) is 10.6 Å². The number of benzene rings is 1. The second kappa shape index (κ2) is 6.24. The second-order valence-electron chi connectivity index (χ2n) is 6.05. The highest BCUT2D eigenvalue weighted by Crippen LogP contribution is 2.34. The van der Waals surface area contributed by atoms with Gasteiger partial charge in [0.2, 0.25) is 0 Å². The van der Waals surface area contributed by atoms with E-state index in [1.165, 1.54) is 25.7 Å². The van der Waals surface area contributed by atoms with E-state index < -0.39 is 5.97 Å². The van der Waals surface area contributed by atoms with Crippen molar-refractivity contribution < 1.29 is 9.90 Å². The van der Waals surface area contributed by atoms with Gasteiger partial charge in [0.15, 0.2) is 0 Å². The first-order chi connectivity index (χ1) is 10.1. The molecule has 1 aromatic carbocycles. The highest BCUT2D eigenvalue weighted by molar-refractivity contribution is 6.33. The van der Waals surface area contributed by atoms with Crippen LogP contribution in [0.2, 0.25) is 5.02 Å². The highest BCUT2D eigenvalue weighted by atomic mass is 35.5. The van der Waals surface area contributed by atoms with Crippen LogP contribution in [-0.4, -0.2) is 29.7 Å². The molecule has 3 unspecified atom stereocenters. The van der Waals surface area contributed by atoms with Crippen molar-refractivity contribution in [1.29, 1.82) is 0 Å². The lowest BCUT2D eigenvalue weighted by atomic mass is 9.93. The van der Waals surface area contributed by atoms with Crippen molar-refractivity contribution in [3.63, 3.8) is 0 Å². The fraction of sp³-hybridized carbons (Fsp3) is 0.562. The number of halogens is 1. The summed E-state index contributed by atoms with van der Waals surface area (Å²) < 4.78 is 0. The van der Waals surface area contributed by atoms with E-state index in [2.05, 4.69) is 10.6 Å². The van der Waals surface area contributed by atoms with Crippen LogP contribution in [0.4, 0.5) is 5.69 Å². The Morgan fingerprint density at radius 2 is 2.14 bits per heavy atom. The molecule has 0 bridgehead atoms. The minimum atomic E-state index is -0.982. The summed E-state index contributed by atoms with van der Waals surface area (Å²) in [5.41, 5.74) is 1.02. The van der Waals surface area contributed by atoms with Crippen molar-refractivity contribution in [2.45, 2.75) is 44.2 Å². The average molecular weight is 309 g/mol. The smallest absolute Gasteiger partial charge is 0.337 e. The molecule has 21 heavy (non-hydrogen) atoms. The van der Waals surface area contributed by atoms with Crippen LogP contribution in [-0.2, 0) is 0 Å². The molecule has 3 atom stereocenters. The molecule has 0 radical (unpaired) electrons. The van der Waals surface area contributed by atoms with Crippen LogP contribution >= 0.6 is 11.6 Å². The Hall–Kier alpha value is -1.26. The number of anilines is 1. The Kier molecular flexibility index (Phi) is 4.36. The van der Waals surface area contributed by atoms with Gasteiger partial charge in [-0.1, -0.05) is 18.0 Å². The van der Waals surface area contributed by atoms with Gasteiger partial charge in [-0.3, -0.25) is 0 Å². The summed E-state index contributed by atoms with van der Waals surface area (Å²) in [7, 11) is 0. The highest BCUT2D eigenvalue weighted by Gasteiger charge is 2.34. The molecule has 1 aliphatic carbocycles. The molecule has 3 N–H and O–H groups in total. The van der Waals surface area contributed by atoms with Gasteiger partial charge in [0.1, 0.15) is 0 Å². The maximum atomic E-state index is 11.2. The van der Waals surface area contributed by atoms with Crippen LogP contribution in [0, 0.1) is 5.92 Å². The summed E-state index contributed by atoms with van der Waals surface area (Å²) in [6.07, 6.45) is 6.14. The van der Waals surface area contributed by atoms with Crippen molar-refractivity contribution in [3.8, 4) is 0 Å². The van der Waals surface area contributed by atoms with Crippen molar-refractivity contribution >= 4 is 23.3 Å². The van der Waals surface area contributed by atoms with Crippen LogP contribution in [0.25, 0.3) is 0 Å². The van der Waals surface area contributed by atoms with Crippen molar-refractivity contribution in [3.05, 3.63) is 28.8 Å². The number of hydrogen-bond donors (Lipinski definition) is 3. The van der Waals surface area contributed by atoms with Gasteiger partial charge in [-0.2, -0.15) is 0 Å². The zero-order chi connectivity index (χ0) is 14.8. The molecule has 1 heterocycles. The summed E-state index contributed by atoms with van der Waals surface area (Å²) in [6.45, 7) is 1.12. The molecule has 1 aliphatic heterocycles. The molecule has 0 spiro atoms. The third-order valence-electron chi connectivity index (χ3n) is 4.73. The zero-order valence-electron chi connectivity index (χ0n) is 11.9. The molecule has 1 saturated heterocycles. The molecule has 114 valence electrons. The molecule has 1 aromatic rings. The number of rotatable bonds is 4. The van der Waals surface area contributed by atoms with Crippen LogP contribution in [0.3, 0.4) is 0 Å². The van der Waals surface area contributed by atoms with Crippen LogP contribution < -0.4 is 10.6 Å². The molecule has 0 amide bonds. The third kappa shape index (κ3) is 3.16. The van der Waals surface area contributed by atoms with E-state index in [9.17, 15) is 4.79 Å². The predicted octanol–water partition coefficient (Wildman–Crippen LogP) is 3.37. The standard InChI is InChI=1S/C16H21ClN2O2/c17-13-7-6-10(9-12(13)16(20)21)19-15-4-1-3-11(15)14-5-2-8-18-14/h6-7,9,11,14-15,18-19H,1-5,8H2,(H,20,21). The second-order valence-corrected chi connectivity index (χ2v) is 6.46. The first kappa shape index (κ1) is 14.7. The lowest BCUT2D eigenvalue weighted by Crippen LogP contribution is -2.38. The van der Waals surface area contributed by atoms with E-state index in [-0.39, 0.29) is 10.6 Å². The average Bonchev–Trinajstić information content (AvgIpc) is 3.11. The Labute approximate surface area is 129 Å². The Morgan fingerprint density at radius 1 is 1.29 bits per heavy atom. The third-order valence-corrected chi connectivity index (χ3v) is 5.06. The van der Waals surface area contributed by atoms with Crippen LogP contribution in [0.5, 0.6) is 0 Å². The largest absolute Gasteiger partial charge is 0.478 e. The molecule has 4 nitrogen and oxygen atoms in total. The molecule has 3 rings (SSSR count). The predicted molar refractivity (Wildman–Crippen MR) is 84.2 cm³/mol. The lowest BCUT2D eigenvalue weighted by Gasteiger charge is -2.27. The van der Waals surface area contributed by atoms with Crippen molar-refractivity contribution in [2.24, 2.45) is 5.92 Å². The fourth-order valence-corrected chi connectivity index (χ4v) is 3.92. The quantitative estimate of drug-likeness (QED) is 0.798. The molecular formula is C16H21ClN2O2. The first-order valence-corrected chi connectivity index (χ1v) is 8.06. The van der Waals surface area contributed by atoms with Gasteiger partial charge in [0.25, 0.3) is 0 Å². The maximum absolute atomic E-state index is 11.2. The SMILES string of the molecule is O=C(O)c1cc(NC2CCCC2C2CCCN2)ccc1Cl. The summed E-state index contributed by atoms with van der Waals surface area (Å²) in [4.78, 5) is 11.2. The number of carboxylic acids is 1. The first-order valence-electron chi connectivity index (χ1n) is 7.68. The van der Waals surface area contributed by atoms with Crippen molar-refractivity contribution in [2.75, 3.05) is 11.9 Å². The maximum Gasteiger partial charge on any atom is 0.337 e. The van der Waals surface area contributed by atoms with E-state index in [0.29, 0.717) is 18.0 Å². The number of carbonyl (C=O) groups is 1. The van der Waals surface area contributed by atoms with Crippen LogP contribution in [0.15, 0.2) is 18.2 Å². The molecular weight excluding hydrogens is 288 g/mol. The Balaban J connectivity index is 1.73. The Morgan fingerprint density at radius 3 is 2.86 bits per heavy atom. The molecule has 2 fully saturated rings. The topological polar surface area (TPSA) is 61.4 Å². The van der Waals surface area contributed by atoms with E-state index in [1.54, 1.807) is 12.1 Å². The number of nitrogens with one attached hydrogen (secondary N) is 2. The van der Waals surface area contributed by atoms with Gasteiger partial charge < -0.3 is 15.7 Å². The van der Waals surface area contributed by atoms with E-state index in [0.717, 1.165) is 18.7 Å². The number of hydrogen-bond acceptors (Lipinski definition) is 3. The molecule has 2 aliphatic rings. The number of aromatic carboxylic acids is 1. The monoisotopic (exact) mass is 308 g/mol. The lowest BCUT2D eigenvalue weighted by molar-refractivity contribution is 0.0697. The number of carboxylic acid groups (broad SMARTS) is 1.